The van der Waals surface area contributed by atoms with Crippen molar-refractivity contribution in [3.63, 3.8) is 0 Å². The van der Waals surface area contributed by atoms with E-state index in [1.807, 2.05) is 4.98 Å². The highest BCUT2D eigenvalue weighted by Gasteiger charge is 2.11. The van der Waals surface area contributed by atoms with Crippen molar-refractivity contribution in [3.05, 3.63) is 50.7 Å². The Kier molecular flexibility index (Phi) is 9.52. The van der Waals surface area contributed by atoms with Crippen LogP contribution in [-0.4, -0.2) is 45.4 Å². The van der Waals surface area contributed by atoms with E-state index >= 15 is 0 Å². The molecule has 11 heteroatoms. The molecular weight excluding hydrogens is 410 g/mol. The minimum absolute atomic E-state index is 0.0604. The molecule has 0 spiro atoms. The third-order valence-electron chi connectivity index (χ3n) is 3.80. The summed E-state index contributed by atoms with van der Waals surface area (Å²) in [6, 6.07) is 6.84. The topological polar surface area (TPSA) is 146 Å². The molecule has 1 aromatic carbocycles. The molecule has 0 saturated carbocycles. The van der Waals surface area contributed by atoms with E-state index in [0.717, 1.165) is 43.7 Å². The van der Waals surface area contributed by atoms with E-state index in [0.29, 0.717) is 17.9 Å². The van der Waals surface area contributed by atoms with Crippen molar-refractivity contribution in [1.82, 2.24) is 20.6 Å². The Labute approximate surface area is 176 Å². The molecule has 0 saturated heterocycles. The van der Waals surface area contributed by atoms with Gasteiger partial charge in [0.25, 0.3) is 5.56 Å². The average Bonchev–Trinajstić information content (AvgIpc) is 2.73. The van der Waals surface area contributed by atoms with Gasteiger partial charge in [-0.25, -0.2) is 15.3 Å². The van der Waals surface area contributed by atoms with Gasteiger partial charge in [0.1, 0.15) is 5.75 Å². The third kappa shape index (κ3) is 7.66. The summed E-state index contributed by atoms with van der Waals surface area (Å²) in [7, 11) is 0. The van der Waals surface area contributed by atoms with E-state index in [1.165, 1.54) is 0 Å². The van der Waals surface area contributed by atoms with Gasteiger partial charge in [0.05, 0.1) is 24.1 Å². The Morgan fingerprint density at radius 1 is 1.23 bits per heavy atom. The Morgan fingerprint density at radius 3 is 2.80 bits per heavy atom. The summed E-state index contributed by atoms with van der Waals surface area (Å²) in [6.07, 6.45) is 5.24. The molecule has 0 atom stereocenters. The molecule has 0 radical (unpaired) electrons. The highest BCUT2D eigenvalue weighted by molar-refractivity contribution is 7.99. The summed E-state index contributed by atoms with van der Waals surface area (Å²) < 4.78 is 5.70. The number of rotatable bonds is 12. The Bertz CT molecular complexity index is 1000. The Morgan fingerprint density at radius 2 is 2.03 bits per heavy atom. The van der Waals surface area contributed by atoms with E-state index in [9.17, 15) is 19.2 Å². The highest BCUT2D eigenvalue weighted by atomic mass is 32.2. The minimum Gasteiger partial charge on any atom is -0.493 e. The number of aromatic nitrogens is 3. The lowest BCUT2D eigenvalue weighted by atomic mass is 10.1. The summed E-state index contributed by atoms with van der Waals surface area (Å²) in [5.41, 5.74) is 1.13. The minimum atomic E-state index is -0.734. The molecule has 0 fully saturated rings. The monoisotopic (exact) mass is 433 g/mol. The molecule has 0 aliphatic rings. The second kappa shape index (κ2) is 12.4. The zero-order valence-corrected chi connectivity index (χ0v) is 17.3. The molecule has 1 amide bonds. The van der Waals surface area contributed by atoms with Gasteiger partial charge in [-0.05, 0) is 18.6 Å². The van der Waals surface area contributed by atoms with E-state index in [4.69, 9.17) is 4.74 Å². The number of aromatic amines is 2. The highest BCUT2D eigenvalue weighted by Crippen LogP contribution is 2.18. The smallest absolute Gasteiger partial charge is 0.342 e. The van der Waals surface area contributed by atoms with E-state index in [-0.39, 0.29) is 10.8 Å². The van der Waals surface area contributed by atoms with Crippen LogP contribution in [0.4, 0.5) is 0 Å². The van der Waals surface area contributed by atoms with Gasteiger partial charge >= 0.3 is 5.69 Å². The predicted octanol–water partition coefficient (Wildman–Crippen LogP) is 1.49. The number of nitrogens with one attached hydrogen (secondary N) is 3. The van der Waals surface area contributed by atoms with Crippen LogP contribution in [0, 0.1) is 0 Å². The van der Waals surface area contributed by atoms with Gasteiger partial charge in [-0.3, -0.25) is 19.4 Å². The molecule has 0 aliphatic heterocycles. The average molecular weight is 433 g/mol. The van der Waals surface area contributed by atoms with Crippen LogP contribution >= 0.6 is 11.8 Å². The number of ether oxygens (including phenoxy) is 1. The van der Waals surface area contributed by atoms with Crippen molar-refractivity contribution < 1.29 is 14.3 Å². The number of nitrogens with zero attached hydrogens (tertiary/aromatic N) is 2. The maximum absolute atomic E-state index is 12.4. The van der Waals surface area contributed by atoms with Gasteiger partial charge in [-0.2, -0.15) is 10.2 Å². The number of para-hydroxylation sites is 1. The number of H-pyrrole nitrogens is 2. The number of carbonyl (C=O) groups excluding carboxylic acids is 2. The first kappa shape index (κ1) is 23.1. The zero-order chi connectivity index (χ0) is 21.8. The number of unbranched alkanes of at least 4 members (excludes halogenated alkanes) is 3. The van der Waals surface area contributed by atoms with Crippen molar-refractivity contribution in [2.75, 3.05) is 12.4 Å². The summed E-state index contributed by atoms with van der Waals surface area (Å²) in [5, 5.41) is 9.21. The SMILES string of the molecule is CCCCCCOc1ccccc1C(=O)/C=N/NC(=O)CSc1n[nH]c(=O)[nH]c1=O. The van der Waals surface area contributed by atoms with Crippen molar-refractivity contribution in [3.8, 4) is 5.75 Å². The van der Waals surface area contributed by atoms with Gasteiger partial charge in [-0.15, -0.1) is 0 Å². The third-order valence-corrected chi connectivity index (χ3v) is 4.76. The molecule has 1 aromatic heterocycles. The van der Waals surface area contributed by atoms with Crippen LogP contribution in [0.1, 0.15) is 43.0 Å². The molecule has 30 heavy (non-hydrogen) atoms. The van der Waals surface area contributed by atoms with E-state index < -0.39 is 22.9 Å². The van der Waals surface area contributed by atoms with Gasteiger partial charge in [-0.1, -0.05) is 50.1 Å². The number of ketones is 1. The standard InChI is InChI=1S/C19H23N5O5S/c1-2-3-4-7-10-29-15-9-6-5-8-13(15)14(25)11-20-22-16(26)12-30-18-17(27)21-19(28)24-23-18/h5-6,8-9,11H,2-4,7,10,12H2,1H3,(H,22,26)(H2,21,24,27,28)/b20-11+. The van der Waals surface area contributed by atoms with Crippen molar-refractivity contribution in [2.45, 2.75) is 37.6 Å². The fourth-order valence-electron chi connectivity index (χ4n) is 2.34. The fraction of sp³-hybridized carbons (Fsp3) is 0.368. The second-order valence-electron chi connectivity index (χ2n) is 6.16. The van der Waals surface area contributed by atoms with Crippen LogP contribution in [0.3, 0.4) is 0 Å². The van der Waals surface area contributed by atoms with Gasteiger partial charge in [0.15, 0.2) is 5.03 Å². The summed E-state index contributed by atoms with van der Waals surface area (Å²) >= 11 is 0.820. The molecule has 10 nitrogen and oxygen atoms in total. The fourth-order valence-corrected chi connectivity index (χ4v) is 2.97. The predicted molar refractivity (Wildman–Crippen MR) is 113 cm³/mol. The molecule has 160 valence electrons. The van der Waals surface area contributed by atoms with Crippen LogP contribution in [0.15, 0.2) is 44.0 Å². The maximum atomic E-state index is 12.4. The number of hydrogen-bond donors (Lipinski definition) is 3. The van der Waals surface area contributed by atoms with Crippen LogP contribution < -0.4 is 21.4 Å². The number of benzene rings is 1. The number of hydrazone groups is 1. The molecule has 2 aromatic rings. The maximum Gasteiger partial charge on any atom is 0.342 e. The number of thioether (sulfide) groups is 1. The summed E-state index contributed by atoms with van der Waals surface area (Å²) in [5.74, 6) is -0.663. The molecule has 0 unspecified atom stereocenters. The number of amides is 1. The van der Waals surface area contributed by atoms with Crippen molar-refractivity contribution >= 4 is 29.7 Å². The van der Waals surface area contributed by atoms with Crippen LogP contribution in [0.5, 0.6) is 5.75 Å². The second-order valence-corrected chi connectivity index (χ2v) is 7.13. The first-order valence-electron chi connectivity index (χ1n) is 9.41. The first-order valence-corrected chi connectivity index (χ1v) is 10.4. The van der Waals surface area contributed by atoms with Crippen LogP contribution in [-0.2, 0) is 4.79 Å². The van der Waals surface area contributed by atoms with Crippen LogP contribution in [0.2, 0.25) is 0 Å². The number of hydrogen-bond acceptors (Lipinski definition) is 8. The molecule has 2 rings (SSSR count). The first-order chi connectivity index (χ1) is 14.5. The number of carbonyl (C=O) groups is 2. The molecule has 1 heterocycles. The summed E-state index contributed by atoms with van der Waals surface area (Å²) in [6.45, 7) is 2.65. The lowest BCUT2D eigenvalue weighted by molar-refractivity contribution is -0.118. The quantitative estimate of drug-likeness (QED) is 0.151. The lowest BCUT2D eigenvalue weighted by Crippen LogP contribution is -2.26. The Hall–Kier alpha value is -3.21. The summed E-state index contributed by atoms with van der Waals surface area (Å²) in [4.78, 5) is 48.6. The van der Waals surface area contributed by atoms with Crippen molar-refractivity contribution in [1.29, 1.82) is 0 Å². The van der Waals surface area contributed by atoms with Gasteiger partial charge < -0.3 is 4.74 Å². The lowest BCUT2D eigenvalue weighted by Gasteiger charge is -2.09. The van der Waals surface area contributed by atoms with E-state index in [2.05, 4.69) is 27.6 Å². The molecular formula is C19H23N5O5S. The molecule has 3 N–H and O–H groups in total. The zero-order valence-electron chi connectivity index (χ0n) is 16.5. The van der Waals surface area contributed by atoms with Crippen LogP contribution in [0.25, 0.3) is 0 Å². The van der Waals surface area contributed by atoms with Crippen molar-refractivity contribution in [2.24, 2.45) is 5.10 Å². The normalized spacial score (nSPS) is 10.8. The van der Waals surface area contributed by atoms with Gasteiger partial charge in [0.2, 0.25) is 11.7 Å². The molecule has 0 aliphatic carbocycles. The number of Topliss-reactive ketones (excluding diaryl/α,β-unsaturated/α-hetero) is 1. The van der Waals surface area contributed by atoms with Gasteiger partial charge in [0, 0.05) is 0 Å². The Balaban J connectivity index is 1.84. The molecule has 0 bridgehead atoms. The largest absolute Gasteiger partial charge is 0.493 e. The van der Waals surface area contributed by atoms with E-state index in [1.54, 1.807) is 24.3 Å².